The molecule has 2 N–H and O–H groups in total. The van der Waals surface area contributed by atoms with Crippen molar-refractivity contribution in [3.8, 4) is 17.2 Å². The summed E-state index contributed by atoms with van der Waals surface area (Å²) in [4.78, 5) is 8.34. The van der Waals surface area contributed by atoms with E-state index in [2.05, 4.69) is 35.1 Å². The van der Waals surface area contributed by atoms with Gasteiger partial charge in [-0.25, -0.2) is 14.4 Å². The molecule has 0 aliphatic heterocycles. The molecular weight excluding hydrogens is 363 g/mol. The van der Waals surface area contributed by atoms with Crippen molar-refractivity contribution in [3.63, 3.8) is 0 Å². The van der Waals surface area contributed by atoms with E-state index in [1.54, 1.807) is 55.5 Å². The number of hydrogen-bond donors (Lipinski definition) is 1. The average Bonchev–Trinajstić information content (AvgIpc) is 2.76. The van der Waals surface area contributed by atoms with Gasteiger partial charge < -0.3 is 5.73 Å². The molecule has 0 spiro atoms. The van der Waals surface area contributed by atoms with Gasteiger partial charge in [0.05, 0.1) is 11.6 Å². The number of aryl methyl sites for hydroxylation is 1. The maximum Gasteiger partial charge on any atom is 0.159 e. The van der Waals surface area contributed by atoms with Crippen molar-refractivity contribution in [2.24, 2.45) is 15.7 Å². The molecule has 2 aromatic carbocycles. The Balaban J connectivity index is 0.00000204. The Labute approximate surface area is 171 Å². The summed E-state index contributed by atoms with van der Waals surface area (Å²) in [6.07, 6.45) is 7.07. The van der Waals surface area contributed by atoms with Gasteiger partial charge in [0, 0.05) is 11.1 Å². The molecule has 0 unspecified atom stereocenters. The van der Waals surface area contributed by atoms with Gasteiger partial charge in [-0.3, -0.25) is 0 Å². The molecule has 2 rings (SSSR count). The maximum absolute atomic E-state index is 15.3. The van der Waals surface area contributed by atoms with Gasteiger partial charge in [0.25, 0.3) is 0 Å². The van der Waals surface area contributed by atoms with Gasteiger partial charge in [0.2, 0.25) is 0 Å². The first-order valence-electron chi connectivity index (χ1n) is 8.94. The van der Waals surface area contributed by atoms with Crippen LogP contribution in [0.15, 0.2) is 82.8 Å². The van der Waals surface area contributed by atoms with E-state index in [9.17, 15) is 0 Å². The Hall–Kier alpha value is -3.62. The van der Waals surface area contributed by atoms with Gasteiger partial charge in [-0.2, -0.15) is 5.26 Å². The molecular formula is C24H25FN4. The molecule has 0 bridgehead atoms. The van der Waals surface area contributed by atoms with Crippen molar-refractivity contribution >= 4 is 18.2 Å². The lowest BCUT2D eigenvalue weighted by molar-refractivity contribution is 0.632. The van der Waals surface area contributed by atoms with E-state index in [-0.39, 0.29) is 11.5 Å². The van der Waals surface area contributed by atoms with Gasteiger partial charge in [-0.15, -0.1) is 0 Å². The van der Waals surface area contributed by atoms with Crippen molar-refractivity contribution < 1.29 is 4.39 Å². The lowest BCUT2D eigenvalue weighted by Gasteiger charge is -2.10. The van der Waals surface area contributed by atoms with Crippen LogP contribution in [0.3, 0.4) is 0 Å². The quantitative estimate of drug-likeness (QED) is 0.407. The smallest absolute Gasteiger partial charge is 0.159 e. The summed E-state index contributed by atoms with van der Waals surface area (Å²) in [5, 5.41) is 9.08. The zero-order chi connectivity index (χ0) is 21.8. The number of nitrogens with two attached hydrogens (primary N) is 1. The van der Waals surface area contributed by atoms with E-state index in [1.807, 2.05) is 19.1 Å². The highest BCUT2D eigenvalue weighted by molar-refractivity contribution is 6.05. The summed E-state index contributed by atoms with van der Waals surface area (Å²) < 4.78 is 15.3. The van der Waals surface area contributed by atoms with Crippen LogP contribution in [0.1, 0.15) is 18.1 Å². The summed E-state index contributed by atoms with van der Waals surface area (Å²) in [5.41, 5.74) is 7.45. The minimum Gasteiger partial charge on any atom is -0.333 e. The number of nitrogens with zero attached hydrogens (tertiary/aromatic N) is 3. The second-order valence-corrected chi connectivity index (χ2v) is 5.73. The van der Waals surface area contributed by atoms with Gasteiger partial charge in [-0.1, -0.05) is 55.1 Å². The van der Waals surface area contributed by atoms with Crippen LogP contribution in [0.4, 0.5) is 10.1 Å². The van der Waals surface area contributed by atoms with Crippen molar-refractivity contribution in [1.82, 2.24) is 0 Å². The van der Waals surface area contributed by atoms with E-state index in [1.165, 1.54) is 7.05 Å². The van der Waals surface area contributed by atoms with Gasteiger partial charge in [-0.05, 0) is 50.9 Å². The molecule has 0 aliphatic rings. The van der Waals surface area contributed by atoms with Gasteiger partial charge in [0.15, 0.2) is 11.7 Å². The molecule has 0 fully saturated rings. The van der Waals surface area contributed by atoms with Gasteiger partial charge in [0.1, 0.15) is 5.69 Å². The molecule has 0 heterocycles. The van der Waals surface area contributed by atoms with Crippen LogP contribution in [-0.2, 0) is 0 Å². The monoisotopic (exact) mass is 388 g/mol. The number of amidine groups is 1. The molecule has 29 heavy (non-hydrogen) atoms. The summed E-state index contributed by atoms with van der Waals surface area (Å²) in [6, 6.07) is 12.4. The zero-order valence-corrected chi connectivity index (χ0v) is 17.0. The van der Waals surface area contributed by atoms with Crippen molar-refractivity contribution in [2.45, 2.75) is 13.8 Å². The largest absolute Gasteiger partial charge is 0.333 e. The Morgan fingerprint density at radius 2 is 1.97 bits per heavy atom. The SMILES string of the molecule is C=C/C(=C\C=C/C)C(N=C)=Nc1c(C)ccc(-c2cccc(C#N)c2)c1F.CN. The third-order valence-electron chi connectivity index (χ3n) is 3.93. The number of hydrogen-bond acceptors (Lipinski definition) is 3. The minimum absolute atomic E-state index is 0.186. The van der Waals surface area contributed by atoms with Crippen LogP contribution < -0.4 is 5.73 Å². The number of nitriles is 1. The van der Waals surface area contributed by atoms with E-state index in [0.29, 0.717) is 27.8 Å². The normalized spacial score (nSPS) is 11.4. The maximum atomic E-state index is 15.3. The Bertz CT molecular complexity index is 1010. The van der Waals surface area contributed by atoms with E-state index in [4.69, 9.17) is 5.26 Å². The molecule has 4 nitrogen and oxygen atoms in total. The fourth-order valence-electron chi connectivity index (χ4n) is 2.51. The second kappa shape index (κ2) is 12.0. The van der Waals surface area contributed by atoms with Crippen LogP contribution in [0.5, 0.6) is 0 Å². The first kappa shape index (κ1) is 23.4. The zero-order valence-electron chi connectivity index (χ0n) is 17.0. The first-order valence-corrected chi connectivity index (χ1v) is 8.94. The number of rotatable bonds is 5. The third kappa shape index (κ3) is 5.93. The van der Waals surface area contributed by atoms with Crippen LogP contribution in [0.2, 0.25) is 0 Å². The fraction of sp³-hybridized carbons (Fsp3) is 0.125. The molecule has 0 aliphatic carbocycles. The predicted molar refractivity (Wildman–Crippen MR) is 121 cm³/mol. The summed E-state index contributed by atoms with van der Waals surface area (Å²) in [5.74, 6) is -0.186. The molecule has 5 heteroatoms. The topological polar surface area (TPSA) is 74.5 Å². The molecule has 0 saturated carbocycles. The number of benzene rings is 2. The van der Waals surface area contributed by atoms with Crippen molar-refractivity contribution in [2.75, 3.05) is 7.05 Å². The number of halogens is 1. The highest BCUT2D eigenvalue weighted by Crippen LogP contribution is 2.33. The lowest BCUT2D eigenvalue weighted by Crippen LogP contribution is -1.98. The average molecular weight is 388 g/mol. The molecule has 0 saturated heterocycles. The predicted octanol–water partition coefficient (Wildman–Crippen LogP) is 5.67. The Kier molecular flexibility index (Phi) is 9.66. The lowest BCUT2D eigenvalue weighted by atomic mass is 10.00. The second-order valence-electron chi connectivity index (χ2n) is 5.73. The van der Waals surface area contributed by atoms with Gasteiger partial charge >= 0.3 is 0 Å². The summed E-state index contributed by atoms with van der Waals surface area (Å²) >= 11 is 0. The highest BCUT2D eigenvalue weighted by Gasteiger charge is 2.14. The molecule has 0 amide bonds. The van der Waals surface area contributed by atoms with E-state index in [0.717, 1.165) is 0 Å². The highest BCUT2D eigenvalue weighted by atomic mass is 19.1. The molecule has 0 radical (unpaired) electrons. The standard InChI is InChI=1S/C23H20FN3.CH5N/c1-5-7-10-18(6-2)23(26-4)27-22-16(3)12-13-20(21(22)24)19-11-8-9-17(14-19)15-25;1-2/h5-14H,2,4H2,1,3H3;2H2,1H3/b7-5-,18-10+,27-23?;. The van der Waals surface area contributed by atoms with E-state index < -0.39 is 5.82 Å². The van der Waals surface area contributed by atoms with Crippen LogP contribution in [0, 0.1) is 24.1 Å². The Morgan fingerprint density at radius 3 is 2.55 bits per heavy atom. The minimum atomic E-state index is -0.472. The van der Waals surface area contributed by atoms with Crippen LogP contribution in [0.25, 0.3) is 11.1 Å². The van der Waals surface area contributed by atoms with E-state index >= 15 is 4.39 Å². The fourth-order valence-corrected chi connectivity index (χ4v) is 2.51. The summed E-state index contributed by atoms with van der Waals surface area (Å²) in [7, 11) is 1.50. The number of allylic oxidation sites excluding steroid dienone is 3. The molecule has 0 aromatic heterocycles. The third-order valence-corrected chi connectivity index (χ3v) is 3.93. The van der Waals surface area contributed by atoms with Crippen molar-refractivity contribution in [3.05, 3.63) is 89.8 Å². The molecule has 148 valence electrons. The van der Waals surface area contributed by atoms with Crippen LogP contribution >= 0.6 is 0 Å². The van der Waals surface area contributed by atoms with Crippen molar-refractivity contribution in [1.29, 1.82) is 5.26 Å². The Morgan fingerprint density at radius 1 is 1.24 bits per heavy atom. The molecule has 2 aromatic rings. The number of aliphatic imine (C=N–C) groups is 2. The first-order chi connectivity index (χ1) is 14.0. The summed E-state index contributed by atoms with van der Waals surface area (Å²) in [6.45, 7) is 11.0. The molecule has 0 atom stereocenters. The van der Waals surface area contributed by atoms with Crippen LogP contribution in [-0.4, -0.2) is 19.6 Å².